The number of primary sulfonamides is 1. The van der Waals surface area contributed by atoms with Crippen LogP contribution in [0.3, 0.4) is 0 Å². The smallest absolute Gasteiger partial charge is 0.224 e. The van der Waals surface area contributed by atoms with Gasteiger partial charge >= 0.3 is 0 Å². The molecule has 96 valence electrons. The number of thiophene rings is 1. The van der Waals surface area contributed by atoms with Gasteiger partial charge in [-0.3, -0.25) is 0 Å². The predicted molar refractivity (Wildman–Crippen MR) is 63.8 cm³/mol. The quantitative estimate of drug-likeness (QED) is 0.786. The van der Waals surface area contributed by atoms with E-state index >= 15 is 0 Å². The fourth-order valence-electron chi connectivity index (χ4n) is 1.70. The van der Waals surface area contributed by atoms with Gasteiger partial charge in [0.25, 0.3) is 10.0 Å². The highest BCUT2D eigenvalue weighted by atomic mass is 32.3. The van der Waals surface area contributed by atoms with Gasteiger partial charge in [0, 0.05) is 13.1 Å². The van der Waals surface area contributed by atoms with Crippen LogP contribution < -0.4 is 5.14 Å². The lowest BCUT2D eigenvalue weighted by molar-refractivity contribution is 0.374. The van der Waals surface area contributed by atoms with E-state index in [4.69, 9.17) is 5.14 Å². The van der Waals surface area contributed by atoms with Crippen LogP contribution >= 0.6 is 11.3 Å². The van der Waals surface area contributed by atoms with Gasteiger partial charge in [-0.2, -0.15) is 4.31 Å². The maximum absolute atomic E-state index is 12.1. The van der Waals surface area contributed by atoms with Crippen molar-refractivity contribution in [2.75, 3.05) is 7.05 Å². The number of nitrogens with two attached hydrogens (primary N) is 1. The molecule has 0 amide bonds. The standard InChI is InChI=1S/C8H12N2O4S3/c1-5-3-6-4-7(16(9,11)12)15-8(6)17(13,14)10(5)2/h4-5H,3H2,1-2H3,(H2,9,11,12). The van der Waals surface area contributed by atoms with Gasteiger partial charge in [-0.15, -0.1) is 11.3 Å². The van der Waals surface area contributed by atoms with Crippen molar-refractivity contribution in [1.29, 1.82) is 0 Å². The van der Waals surface area contributed by atoms with Crippen LogP contribution in [0.5, 0.6) is 0 Å². The van der Waals surface area contributed by atoms with E-state index in [0.29, 0.717) is 23.3 Å². The molecule has 0 saturated heterocycles. The highest BCUT2D eigenvalue weighted by molar-refractivity contribution is 7.94. The summed E-state index contributed by atoms with van der Waals surface area (Å²) >= 11 is 0.712. The maximum Gasteiger partial charge on any atom is 0.252 e. The van der Waals surface area contributed by atoms with E-state index in [0.717, 1.165) is 0 Å². The molecular weight excluding hydrogens is 284 g/mol. The summed E-state index contributed by atoms with van der Waals surface area (Å²) in [5.74, 6) is 0. The Morgan fingerprint density at radius 3 is 2.65 bits per heavy atom. The van der Waals surface area contributed by atoms with Crippen LogP contribution in [0.1, 0.15) is 12.5 Å². The Balaban J connectivity index is 2.68. The number of nitrogens with zero attached hydrogens (tertiary/aromatic N) is 1. The van der Waals surface area contributed by atoms with Gasteiger partial charge in [-0.1, -0.05) is 0 Å². The molecule has 9 heteroatoms. The van der Waals surface area contributed by atoms with E-state index in [9.17, 15) is 16.8 Å². The van der Waals surface area contributed by atoms with Gasteiger partial charge in [-0.25, -0.2) is 22.0 Å². The van der Waals surface area contributed by atoms with Gasteiger partial charge in [0.15, 0.2) is 0 Å². The van der Waals surface area contributed by atoms with Crippen molar-refractivity contribution < 1.29 is 16.8 Å². The second-order valence-corrected chi connectivity index (χ2v) is 9.03. The zero-order valence-corrected chi connectivity index (χ0v) is 11.7. The summed E-state index contributed by atoms with van der Waals surface area (Å²) in [6.45, 7) is 1.77. The molecule has 0 bridgehead atoms. The van der Waals surface area contributed by atoms with Crippen molar-refractivity contribution in [3.05, 3.63) is 11.6 Å². The molecule has 1 aromatic rings. The maximum atomic E-state index is 12.1. The monoisotopic (exact) mass is 296 g/mol. The largest absolute Gasteiger partial charge is 0.252 e. The Morgan fingerprint density at radius 1 is 1.53 bits per heavy atom. The molecule has 2 N–H and O–H groups in total. The molecule has 1 aliphatic heterocycles. The third-order valence-electron chi connectivity index (χ3n) is 2.78. The number of hydrogen-bond acceptors (Lipinski definition) is 5. The van der Waals surface area contributed by atoms with E-state index in [1.807, 2.05) is 0 Å². The van der Waals surface area contributed by atoms with E-state index in [2.05, 4.69) is 0 Å². The molecule has 0 fully saturated rings. The van der Waals surface area contributed by atoms with Gasteiger partial charge in [0.1, 0.15) is 8.42 Å². The van der Waals surface area contributed by atoms with Gasteiger partial charge in [0.05, 0.1) is 0 Å². The SMILES string of the molecule is CC1Cc2cc(S(N)(=O)=O)sc2S(=O)(=O)N1C. The van der Waals surface area contributed by atoms with Crippen LogP contribution in [0.25, 0.3) is 0 Å². The van der Waals surface area contributed by atoms with Crippen molar-refractivity contribution in [3.8, 4) is 0 Å². The summed E-state index contributed by atoms with van der Waals surface area (Å²) in [5, 5.41) is 5.00. The molecule has 0 aliphatic carbocycles. The predicted octanol–water partition coefficient (Wildman–Crippen LogP) is -0.0394. The Bertz CT molecular complexity index is 659. The summed E-state index contributed by atoms with van der Waals surface area (Å²) in [5.41, 5.74) is 0.532. The Hall–Kier alpha value is -0.480. The molecule has 1 atom stereocenters. The van der Waals surface area contributed by atoms with Crippen LogP contribution in [0.4, 0.5) is 0 Å². The molecule has 1 aromatic heterocycles. The fourth-order valence-corrected chi connectivity index (χ4v) is 5.87. The fraction of sp³-hybridized carbons (Fsp3) is 0.500. The minimum absolute atomic E-state index is 0.0853. The summed E-state index contributed by atoms with van der Waals surface area (Å²) in [6.07, 6.45) is 0.497. The Kier molecular flexibility index (Phi) is 2.86. The van der Waals surface area contributed by atoms with Crippen molar-refractivity contribution >= 4 is 31.4 Å². The zero-order chi connectivity index (χ0) is 13.0. The van der Waals surface area contributed by atoms with Crippen LogP contribution in [0.2, 0.25) is 0 Å². The number of rotatable bonds is 1. The first kappa shape index (κ1) is 13.0. The topological polar surface area (TPSA) is 97.5 Å². The van der Waals surface area contributed by atoms with E-state index in [1.54, 1.807) is 6.92 Å². The third kappa shape index (κ3) is 2.02. The normalized spacial score (nSPS) is 24.5. The van der Waals surface area contributed by atoms with Gasteiger partial charge in [-0.05, 0) is 25.0 Å². The van der Waals surface area contributed by atoms with Crippen molar-refractivity contribution in [2.45, 2.75) is 27.8 Å². The van der Waals surface area contributed by atoms with Crippen LogP contribution in [-0.2, 0) is 26.5 Å². The summed E-state index contributed by atoms with van der Waals surface area (Å²) < 4.78 is 47.8. The molecule has 1 unspecified atom stereocenters. The minimum atomic E-state index is -3.85. The molecule has 0 aromatic carbocycles. The molecule has 2 heterocycles. The summed E-state index contributed by atoms with van der Waals surface area (Å²) in [4.78, 5) is 0. The lowest BCUT2D eigenvalue weighted by Crippen LogP contribution is -2.39. The van der Waals surface area contributed by atoms with Crippen LogP contribution in [-0.4, -0.2) is 34.2 Å². The molecule has 0 radical (unpaired) electrons. The first-order valence-electron chi connectivity index (χ1n) is 4.77. The summed E-state index contributed by atoms with van der Waals surface area (Å²) in [7, 11) is -5.94. The average Bonchev–Trinajstić information content (AvgIpc) is 2.59. The van der Waals surface area contributed by atoms with E-state index in [-0.39, 0.29) is 14.5 Å². The van der Waals surface area contributed by atoms with Gasteiger partial charge < -0.3 is 0 Å². The number of hydrogen-bond donors (Lipinski definition) is 1. The number of likely N-dealkylation sites (N-methyl/N-ethyl adjacent to an activating group) is 1. The molecule has 0 saturated carbocycles. The lowest BCUT2D eigenvalue weighted by Gasteiger charge is -2.28. The second-order valence-electron chi connectivity index (χ2n) is 4.00. The van der Waals surface area contributed by atoms with E-state index in [1.165, 1.54) is 17.4 Å². The van der Waals surface area contributed by atoms with Gasteiger partial charge in [0.2, 0.25) is 10.0 Å². The molecule has 1 aliphatic rings. The molecule has 17 heavy (non-hydrogen) atoms. The first-order chi connectivity index (χ1) is 7.64. The van der Waals surface area contributed by atoms with Crippen LogP contribution in [0, 0.1) is 0 Å². The zero-order valence-electron chi connectivity index (χ0n) is 9.24. The minimum Gasteiger partial charge on any atom is -0.224 e. The van der Waals surface area contributed by atoms with E-state index < -0.39 is 20.0 Å². The van der Waals surface area contributed by atoms with Crippen molar-refractivity contribution in [2.24, 2.45) is 5.14 Å². The highest BCUT2D eigenvalue weighted by Gasteiger charge is 2.36. The molecule has 2 rings (SSSR count). The number of sulfonamides is 2. The van der Waals surface area contributed by atoms with Crippen molar-refractivity contribution in [3.63, 3.8) is 0 Å². The lowest BCUT2D eigenvalue weighted by atomic mass is 10.1. The average molecular weight is 296 g/mol. The third-order valence-corrected chi connectivity index (χ3v) is 7.90. The van der Waals surface area contributed by atoms with Crippen molar-refractivity contribution in [1.82, 2.24) is 4.31 Å². The number of fused-ring (bicyclic) bond motifs is 1. The molecule has 0 spiro atoms. The first-order valence-corrected chi connectivity index (χ1v) is 8.58. The summed E-state index contributed by atoms with van der Waals surface area (Å²) in [6, 6.07) is 1.17. The Morgan fingerprint density at radius 2 is 2.12 bits per heavy atom. The molecular formula is C8H12N2O4S3. The van der Waals surface area contributed by atoms with Crippen LogP contribution in [0.15, 0.2) is 14.5 Å². The second kappa shape index (κ2) is 3.75. The highest BCUT2D eigenvalue weighted by Crippen LogP contribution is 2.36. The Labute approximate surface area is 104 Å². The molecule has 6 nitrogen and oxygen atoms in total.